The zero-order chi connectivity index (χ0) is 13.9. The highest BCUT2D eigenvalue weighted by molar-refractivity contribution is 7.99. The molecule has 6 heteroatoms. The average Bonchev–Trinajstić information content (AvgIpc) is 3.26. The van der Waals surface area contributed by atoms with Crippen LogP contribution in [0.4, 0.5) is 0 Å². The molecule has 1 N–H and O–H groups in total. The number of carbonyl (C=O) groups excluding carboxylic acids is 1. The summed E-state index contributed by atoms with van der Waals surface area (Å²) in [7, 11) is 3.24. The number of aromatic nitrogens is 1. The molecule has 1 fully saturated rings. The lowest BCUT2D eigenvalue weighted by molar-refractivity contribution is -0.148. The molecule has 0 aromatic carbocycles. The maximum absolute atomic E-state index is 12.1. The SMILES string of the molecule is CNC(CSc1ccc(Cl)cn1)(C(=O)OC)C1CC1. The quantitative estimate of drug-likeness (QED) is 0.646. The van der Waals surface area contributed by atoms with Crippen LogP contribution in [0.15, 0.2) is 23.4 Å². The second-order valence-corrected chi connectivity index (χ2v) is 6.02. The van der Waals surface area contributed by atoms with Crippen LogP contribution in [-0.2, 0) is 9.53 Å². The predicted octanol–water partition coefficient (Wildman–Crippen LogP) is 2.37. The van der Waals surface area contributed by atoms with E-state index in [9.17, 15) is 4.79 Å². The molecular weight excluding hydrogens is 284 g/mol. The number of methoxy groups -OCH3 is 1. The molecule has 1 aliphatic carbocycles. The van der Waals surface area contributed by atoms with Gasteiger partial charge < -0.3 is 10.1 Å². The van der Waals surface area contributed by atoms with Gasteiger partial charge in [0.25, 0.3) is 0 Å². The van der Waals surface area contributed by atoms with Crippen molar-refractivity contribution >= 4 is 29.3 Å². The van der Waals surface area contributed by atoms with E-state index in [2.05, 4.69) is 10.3 Å². The standard InChI is InChI=1S/C13H17ClN2O2S/c1-15-13(9-3-4-9,12(17)18-2)8-19-11-6-5-10(14)7-16-11/h5-7,9,15H,3-4,8H2,1-2H3. The van der Waals surface area contributed by atoms with Crippen LogP contribution in [0.1, 0.15) is 12.8 Å². The summed E-state index contributed by atoms with van der Waals surface area (Å²) in [6, 6.07) is 3.66. The number of rotatable bonds is 6. The van der Waals surface area contributed by atoms with Gasteiger partial charge in [0.15, 0.2) is 0 Å². The summed E-state index contributed by atoms with van der Waals surface area (Å²) >= 11 is 7.34. The molecule has 0 saturated heterocycles. The molecule has 0 radical (unpaired) electrons. The van der Waals surface area contributed by atoms with Gasteiger partial charge in [-0.2, -0.15) is 0 Å². The van der Waals surface area contributed by atoms with Gasteiger partial charge in [-0.3, -0.25) is 4.79 Å². The van der Waals surface area contributed by atoms with Gasteiger partial charge in [-0.25, -0.2) is 4.98 Å². The number of esters is 1. The van der Waals surface area contributed by atoms with Crippen LogP contribution in [0.5, 0.6) is 0 Å². The van der Waals surface area contributed by atoms with Crippen molar-refractivity contribution in [1.29, 1.82) is 0 Å². The summed E-state index contributed by atoms with van der Waals surface area (Å²) < 4.78 is 4.96. The Morgan fingerprint density at radius 2 is 2.37 bits per heavy atom. The first-order valence-electron chi connectivity index (χ1n) is 6.14. The number of ether oxygens (including phenoxy) is 1. The van der Waals surface area contributed by atoms with Crippen molar-refractivity contribution in [2.75, 3.05) is 19.9 Å². The highest BCUT2D eigenvalue weighted by Crippen LogP contribution is 2.42. The van der Waals surface area contributed by atoms with E-state index in [1.807, 2.05) is 13.1 Å². The van der Waals surface area contributed by atoms with Gasteiger partial charge in [0.2, 0.25) is 0 Å². The number of thioether (sulfide) groups is 1. The van der Waals surface area contributed by atoms with Gasteiger partial charge in [-0.1, -0.05) is 11.6 Å². The van der Waals surface area contributed by atoms with Crippen LogP contribution in [0.3, 0.4) is 0 Å². The van der Waals surface area contributed by atoms with E-state index in [1.165, 1.54) is 18.9 Å². The Morgan fingerprint density at radius 1 is 1.63 bits per heavy atom. The largest absolute Gasteiger partial charge is 0.468 e. The minimum atomic E-state index is -0.610. The number of hydrogen-bond acceptors (Lipinski definition) is 5. The number of hydrogen-bond donors (Lipinski definition) is 1. The Bertz CT molecular complexity index is 450. The Balaban J connectivity index is 2.08. The van der Waals surface area contributed by atoms with Crippen LogP contribution in [0.2, 0.25) is 5.02 Å². The third-order valence-electron chi connectivity index (χ3n) is 3.42. The van der Waals surface area contributed by atoms with Gasteiger partial charge in [-0.15, -0.1) is 11.8 Å². The van der Waals surface area contributed by atoms with E-state index in [-0.39, 0.29) is 5.97 Å². The molecular formula is C13H17ClN2O2S. The third-order valence-corrected chi connectivity index (χ3v) is 4.78. The fourth-order valence-corrected chi connectivity index (χ4v) is 3.39. The van der Waals surface area contributed by atoms with Crippen molar-refractivity contribution in [1.82, 2.24) is 10.3 Å². The number of nitrogens with zero attached hydrogens (tertiary/aromatic N) is 1. The monoisotopic (exact) mass is 300 g/mol. The van der Waals surface area contributed by atoms with Gasteiger partial charge in [0.1, 0.15) is 5.54 Å². The molecule has 1 aromatic heterocycles. The van der Waals surface area contributed by atoms with E-state index in [4.69, 9.17) is 16.3 Å². The van der Waals surface area contributed by atoms with E-state index in [0.29, 0.717) is 16.7 Å². The Morgan fingerprint density at radius 3 is 2.84 bits per heavy atom. The fourth-order valence-electron chi connectivity index (χ4n) is 2.12. The molecule has 0 aliphatic heterocycles. The highest BCUT2D eigenvalue weighted by Gasteiger charge is 2.50. The molecule has 0 bridgehead atoms. The Kier molecular flexibility index (Phi) is 4.71. The van der Waals surface area contributed by atoms with Crippen molar-refractivity contribution in [3.8, 4) is 0 Å². The van der Waals surface area contributed by atoms with Gasteiger partial charge >= 0.3 is 5.97 Å². The van der Waals surface area contributed by atoms with E-state index < -0.39 is 5.54 Å². The summed E-state index contributed by atoms with van der Waals surface area (Å²) in [6.45, 7) is 0. The van der Waals surface area contributed by atoms with Gasteiger partial charge in [0, 0.05) is 11.9 Å². The molecule has 1 aromatic rings. The maximum Gasteiger partial charge on any atom is 0.327 e. The van der Waals surface area contributed by atoms with Crippen molar-refractivity contribution in [3.05, 3.63) is 23.4 Å². The minimum Gasteiger partial charge on any atom is -0.468 e. The molecule has 1 unspecified atom stereocenters. The predicted molar refractivity (Wildman–Crippen MR) is 76.5 cm³/mol. The summed E-state index contributed by atoms with van der Waals surface area (Å²) in [4.78, 5) is 16.3. The first-order chi connectivity index (χ1) is 9.12. The number of likely N-dealkylation sites (N-methyl/N-ethyl adjacent to an activating group) is 1. The van der Waals surface area contributed by atoms with Gasteiger partial charge in [0.05, 0.1) is 17.2 Å². The molecule has 19 heavy (non-hydrogen) atoms. The van der Waals surface area contributed by atoms with Crippen LogP contribution < -0.4 is 5.32 Å². The van der Waals surface area contributed by atoms with Gasteiger partial charge in [-0.05, 0) is 37.9 Å². The lowest BCUT2D eigenvalue weighted by Crippen LogP contribution is -2.55. The summed E-state index contributed by atoms with van der Waals surface area (Å²) in [5.74, 6) is 0.763. The molecule has 1 aliphatic rings. The molecule has 104 valence electrons. The second-order valence-electron chi connectivity index (χ2n) is 4.59. The molecule has 1 saturated carbocycles. The van der Waals surface area contributed by atoms with Crippen LogP contribution >= 0.6 is 23.4 Å². The van der Waals surface area contributed by atoms with E-state index in [1.54, 1.807) is 12.3 Å². The number of nitrogens with one attached hydrogen (secondary N) is 1. The average molecular weight is 301 g/mol. The minimum absolute atomic E-state index is 0.195. The summed E-state index contributed by atoms with van der Waals surface area (Å²) in [6.07, 6.45) is 3.73. The Labute approximate surface area is 122 Å². The fraction of sp³-hybridized carbons (Fsp3) is 0.538. The highest BCUT2D eigenvalue weighted by atomic mass is 35.5. The topological polar surface area (TPSA) is 51.2 Å². The van der Waals surface area contributed by atoms with Crippen molar-refractivity contribution < 1.29 is 9.53 Å². The number of carbonyl (C=O) groups is 1. The van der Waals surface area contributed by atoms with Crippen LogP contribution in [-0.4, -0.2) is 36.4 Å². The van der Waals surface area contributed by atoms with E-state index in [0.717, 1.165) is 17.9 Å². The lowest BCUT2D eigenvalue weighted by Gasteiger charge is -2.30. The number of halogens is 1. The Hall–Kier alpha value is -0.780. The first-order valence-corrected chi connectivity index (χ1v) is 7.50. The lowest BCUT2D eigenvalue weighted by atomic mass is 9.96. The second kappa shape index (κ2) is 6.11. The molecule has 0 amide bonds. The van der Waals surface area contributed by atoms with Crippen LogP contribution in [0, 0.1) is 5.92 Å². The molecule has 4 nitrogen and oxygen atoms in total. The molecule has 1 atom stereocenters. The van der Waals surface area contributed by atoms with Crippen molar-refractivity contribution in [2.24, 2.45) is 5.92 Å². The molecule has 0 spiro atoms. The molecule has 1 heterocycles. The molecule has 2 rings (SSSR count). The number of pyridine rings is 1. The smallest absolute Gasteiger partial charge is 0.327 e. The summed E-state index contributed by atoms with van der Waals surface area (Å²) in [5.41, 5.74) is -0.610. The normalized spacial score (nSPS) is 17.8. The van der Waals surface area contributed by atoms with Crippen molar-refractivity contribution in [3.63, 3.8) is 0 Å². The van der Waals surface area contributed by atoms with Crippen LogP contribution in [0.25, 0.3) is 0 Å². The third kappa shape index (κ3) is 3.22. The maximum atomic E-state index is 12.1. The zero-order valence-corrected chi connectivity index (χ0v) is 12.6. The summed E-state index contributed by atoms with van der Waals surface area (Å²) in [5, 5.41) is 4.63. The van der Waals surface area contributed by atoms with Crippen molar-refractivity contribution in [2.45, 2.75) is 23.4 Å². The van der Waals surface area contributed by atoms with E-state index >= 15 is 0 Å². The zero-order valence-electron chi connectivity index (χ0n) is 11.0. The first kappa shape index (κ1) is 14.6.